The van der Waals surface area contributed by atoms with Crippen LogP contribution in [0.25, 0.3) is 5.82 Å². The molecule has 0 aliphatic heterocycles. The third-order valence-electron chi connectivity index (χ3n) is 2.47. The van der Waals surface area contributed by atoms with Gasteiger partial charge >= 0.3 is 5.97 Å². The van der Waals surface area contributed by atoms with Gasteiger partial charge in [-0.3, -0.25) is 0 Å². The molecule has 2 aromatic rings. The summed E-state index contributed by atoms with van der Waals surface area (Å²) < 4.78 is 1.36. The van der Waals surface area contributed by atoms with Crippen LogP contribution in [0.4, 0.5) is 0 Å². The maximum atomic E-state index is 11.2. The molecule has 18 heavy (non-hydrogen) atoms. The van der Waals surface area contributed by atoms with Gasteiger partial charge in [0.2, 0.25) is 0 Å². The van der Waals surface area contributed by atoms with Crippen LogP contribution in [0.15, 0.2) is 24.4 Å². The SMILES string of the molecule is CCCc1nn(-c2ccccn2)c(Cl)c1C(=O)O. The largest absolute Gasteiger partial charge is 0.478 e. The summed E-state index contributed by atoms with van der Waals surface area (Å²) in [5.41, 5.74) is 0.546. The van der Waals surface area contributed by atoms with E-state index in [-0.39, 0.29) is 10.7 Å². The molecule has 0 saturated heterocycles. The Morgan fingerprint density at radius 2 is 2.28 bits per heavy atom. The van der Waals surface area contributed by atoms with E-state index in [1.165, 1.54) is 4.68 Å². The molecule has 0 aliphatic rings. The van der Waals surface area contributed by atoms with Crippen molar-refractivity contribution in [1.29, 1.82) is 0 Å². The van der Waals surface area contributed by atoms with Crippen LogP contribution in [0.1, 0.15) is 29.4 Å². The zero-order valence-electron chi connectivity index (χ0n) is 9.80. The Morgan fingerprint density at radius 1 is 1.50 bits per heavy atom. The Hall–Kier alpha value is -1.88. The topological polar surface area (TPSA) is 68.0 Å². The molecular formula is C12H12ClN3O2. The monoisotopic (exact) mass is 265 g/mol. The summed E-state index contributed by atoms with van der Waals surface area (Å²) in [5, 5.41) is 13.5. The third-order valence-corrected chi connectivity index (χ3v) is 2.82. The number of hydrogen-bond donors (Lipinski definition) is 1. The van der Waals surface area contributed by atoms with Crippen LogP contribution < -0.4 is 0 Å². The lowest BCUT2D eigenvalue weighted by molar-refractivity contribution is 0.0696. The van der Waals surface area contributed by atoms with Gasteiger partial charge in [0.05, 0.1) is 5.69 Å². The van der Waals surface area contributed by atoms with Crippen molar-refractivity contribution in [2.45, 2.75) is 19.8 Å². The van der Waals surface area contributed by atoms with Crippen molar-refractivity contribution >= 4 is 17.6 Å². The molecule has 2 rings (SSSR count). The van der Waals surface area contributed by atoms with E-state index in [4.69, 9.17) is 11.6 Å². The molecule has 2 heterocycles. The minimum absolute atomic E-state index is 0.0594. The lowest BCUT2D eigenvalue weighted by Crippen LogP contribution is -2.00. The number of pyridine rings is 1. The molecule has 0 unspecified atom stereocenters. The predicted octanol–water partition coefficient (Wildman–Crippen LogP) is 2.57. The quantitative estimate of drug-likeness (QED) is 0.922. The zero-order chi connectivity index (χ0) is 13.1. The van der Waals surface area contributed by atoms with Crippen molar-refractivity contribution in [2.75, 3.05) is 0 Å². The molecule has 0 bridgehead atoms. The van der Waals surface area contributed by atoms with Gasteiger partial charge < -0.3 is 5.11 Å². The van der Waals surface area contributed by atoms with E-state index in [1.54, 1.807) is 24.4 Å². The number of aromatic nitrogens is 3. The van der Waals surface area contributed by atoms with Crippen molar-refractivity contribution in [1.82, 2.24) is 14.8 Å². The molecule has 0 atom stereocenters. The van der Waals surface area contributed by atoms with Crippen molar-refractivity contribution in [3.05, 3.63) is 40.8 Å². The summed E-state index contributed by atoms with van der Waals surface area (Å²) in [7, 11) is 0. The minimum atomic E-state index is -1.06. The van der Waals surface area contributed by atoms with Gasteiger partial charge in [0, 0.05) is 6.20 Å². The zero-order valence-corrected chi connectivity index (χ0v) is 10.6. The molecular weight excluding hydrogens is 254 g/mol. The fraction of sp³-hybridized carbons (Fsp3) is 0.250. The first kappa shape index (κ1) is 12.6. The standard InChI is InChI=1S/C12H12ClN3O2/c1-2-5-8-10(12(17)18)11(13)16(15-8)9-6-3-4-7-14-9/h3-4,6-7H,2,5H2,1H3,(H,17,18). The Morgan fingerprint density at radius 3 is 2.83 bits per heavy atom. The highest BCUT2D eigenvalue weighted by Crippen LogP contribution is 2.23. The summed E-state index contributed by atoms with van der Waals surface area (Å²) in [6, 6.07) is 5.28. The number of halogens is 1. The van der Waals surface area contributed by atoms with E-state index in [0.717, 1.165) is 6.42 Å². The molecule has 0 aromatic carbocycles. The van der Waals surface area contributed by atoms with Crippen molar-refractivity contribution in [3.63, 3.8) is 0 Å². The van der Waals surface area contributed by atoms with Crippen LogP contribution in [0, 0.1) is 0 Å². The van der Waals surface area contributed by atoms with Gasteiger partial charge in [0.25, 0.3) is 0 Å². The van der Waals surface area contributed by atoms with Gasteiger partial charge in [-0.05, 0) is 18.6 Å². The molecule has 1 N–H and O–H groups in total. The Kier molecular flexibility index (Phi) is 3.62. The van der Waals surface area contributed by atoms with E-state index in [1.807, 2.05) is 6.92 Å². The first-order valence-electron chi connectivity index (χ1n) is 5.57. The second-order valence-electron chi connectivity index (χ2n) is 3.77. The number of aryl methyl sites for hydroxylation is 1. The third kappa shape index (κ3) is 2.22. The maximum Gasteiger partial charge on any atom is 0.340 e. The average molecular weight is 266 g/mol. The van der Waals surface area contributed by atoms with Gasteiger partial charge in [-0.25, -0.2) is 14.5 Å². The summed E-state index contributed by atoms with van der Waals surface area (Å²) >= 11 is 6.07. The van der Waals surface area contributed by atoms with Crippen molar-refractivity contribution in [3.8, 4) is 5.82 Å². The van der Waals surface area contributed by atoms with Crippen LogP contribution in [-0.4, -0.2) is 25.8 Å². The first-order valence-corrected chi connectivity index (χ1v) is 5.95. The Bertz CT molecular complexity index is 566. The lowest BCUT2D eigenvalue weighted by atomic mass is 10.2. The molecule has 0 radical (unpaired) electrons. The van der Waals surface area contributed by atoms with Crippen LogP contribution in [0.2, 0.25) is 5.15 Å². The number of carbonyl (C=O) groups is 1. The van der Waals surface area contributed by atoms with Gasteiger partial charge in [-0.15, -0.1) is 0 Å². The second-order valence-corrected chi connectivity index (χ2v) is 4.13. The summed E-state index contributed by atoms with van der Waals surface area (Å²) in [6.07, 6.45) is 2.98. The molecule has 94 valence electrons. The van der Waals surface area contributed by atoms with E-state index >= 15 is 0 Å². The average Bonchev–Trinajstić information content (AvgIpc) is 2.68. The molecule has 2 aromatic heterocycles. The van der Waals surface area contributed by atoms with E-state index in [2.05, 4.69) is 10.1 Å². The number of rotatable bonds is 4. The van der Waals surface area contributed by atoms with E-state index < -0.39 is 5.97 Å². The van der Waals surface area contributed by atoms with E-state index in [9.17, 15) is 9.90 Å². The van der Waals surface area contributed by atoms with Crippen molar-refractivity contribution < 1.29 is 9.90 Å². The number of carboxylic acids is 1. The fourth-order valence-corrected chi connectivity index (χ4v) is 2.01. The number of nitrogens with zero attached hydrogens (tertiary/aromatic N) is 3. The minimum Gasteiger partial charge on any atom is -0.478 e. The Balaban J connectivity index is 2.57. The van der Waals surface area contributed by atoms with Gasteiger partial charge in [0.15, 0.2) is 5.82 Å². The van der Waals surface area contributed by atoms with Gasteiger partial charge in [-0.2, -0.15) is 5.10 Å². The summed E-state index contributed by atoms with van der Waals surface area (Å²) in [6.45, 7) is 1.96. The van der Waals surface area contributed by atoms with Crippen LogP contribution in [-0.2, 0) is 6.42 Å². The molecule has 6 heteroatoms. The molecule has 0 fully saturated rings. The highest BCUT2D eigenvalue weighted by atomic mass is 35.5. The highest BCUT2D eigenvalue weighted by Gasteiger charge is 2.22. The predicted molar refractivity (Wildman–Crippen MR) is 67.3 cm³/mol. The van der Waals surface area contributed by atoms with Crippen LogP contribution in [0.3, 0.4) is 0 Å². The van der Waals surface area contributed by atoms with Gasteiger partial charge in [-0.1, -0.05) is 31.0 Å². The second kappa shape index (κ2) is 5.18. The fourth-order valence-electron chi connectivity index (χ4n) is 1.69. The van der Waals surface area contributed by atoms with E-state index in [0.29, 0.717) is 17.9 Å². The Labute approximate surface area is 109 Å². The number of aromatic carboxylic acids is 1. The molecule has 0 aliphatic carbocycles. The van der Waals surface area contributed by atoms with Crippen LogP contribution in [0.5, 0.6) is 0 Å². The normalized spacial score (nSPS) is 10.6. The highest BCUT2D eigenvalue weighted by molar-refractivity contribution is 6.32. The lowest BCUT2D eigenvalue weighted by Gasteiger charge is -2.00. The van der Waals surface area contributed by atoms with Crippen molar-refractivity contribution in [2.24, 2.45) is 0 Å². The van der Waals surface area contributed by atoms with Gasteiger partial charge in [0.1, 0.15) is 10.7 Å². The maximum absolute atomic E-state index is 11.2. The summed E-state index contributed by atoms with van der Waals surface area (Å²) in [5.74, 6) is -0.557. The molecule has 0 spiro atoms. The summed E-state index contributed by atoms with van der Waals surface area (Å²) in [4.78, 5) is 15.3. The smallest absolute Gasteiger partial charge is 0.340 e. The molecule has 0 saturated carbocycles. The number of hydrogen-bond acceptors (Lipinski definition) is 3. The first-order chi connectivity index (χ1) is 8.65. The number of carboxylic acid groups (broad SMARTS) is 1. The molecule has 5 nitrogen and oxygen atoms in total. The van der Waals surface area contributed by atoms with Crippen LogP contribution >= 0.6 is 11.6 Å². The molecule has 0 amide bonds.